The third-order valence-corrected chi connectivity index (χ3v) is 8.60. The summed E-state index contributed by atoms with van der Waals surface area (Å²) in [7, 11) is 0. The van der Waals surface area contributed by atoms with Crippen LogP contribution in [0.15, 0.2) is 24.3 Å². The molecule has 4 heteroatoms. The van der Waals surface area contributed by atoms with Crippen LogP contribution in [0.2, 0.25) is 0 Å². The molecule has 0 rings (SSSR count). The highest BCUT2D eigenvalue weighted by molar-refractivity contribution is 5.69. The molecule has 0 unspecified atom stereocenters. The molecule has 0 aliphatic rings. The molecule has 0 aliphatic carbocycles. The van der Waals surface area contributed by atoms with Crippen molar-refractivity contribution < 1.29 is 19.1 Å². The molecule has 0 aromatic carbocycles. The summed E-state index contributed by atoms with van der Waals surface area (Å²) in [6.07, 6.45) is 45.9. The average Bonchev–Trinajstić information content (AvgIpc) is 3.04. The Labute approximate surface area is 281 Å². The maximum absolute atomic E-state index is 11.9. The molecule has 0 saturated heterocycles. The van der Waals surface area contributed by atoms with Crippen molar-refractivity contribution in [3.8, 4) is 0 Å². The molecular weight excluding hydrogens is 556 g/mol. The number of ether oxygens (including phenoxy) is 2. The fourth-order valence-electron chi connectivity index (χ4n) is 5.58. The minimum Gasteiger partial charge on any atom is -0.466 e. The minimum atomic E-state index is -0.0704. The SMILES string of the molecule is CCCCCCCC/C=C\CCCCCCCC(=O)OCCCCCOC(=O)CCCCCCC/C=C\CCCCCCCC. The highest BCUT2D eigenvalue weighted by atomic mass is 16.5. The first-order valence-electron chi connectivity index (χ1n) is 19.8. The van der Waals surface area contributed by atoms with Crippen molar-refractivity contribution in [1.82, 2.24) is 0 Å². The molecule has 0 aliphatic heterocycles. The second kappa shape index (κ2) is 38.6. The number of unbranched alkanes of at least 4 members (excludes halogenated alkanes) is 24. The fourth-order valence-corrected chi connectivity index (χ4v) is 5.58. The van der Waals surface area contributed by atoms with Crippen molar-refractivity contribution >= 4 is 11.9 Å². The van der Waals surface area contributed by atoms with E-state index in [9.17, 15) is 9.59 Å². The highest BCUT2D eigenvalue weighted by Gasteiger charge is 2.04. The van der Waals surface area contributed by atoms with Gasteiger partial charge >= 0.3 is 11.9 Å². The van der Waals surface area contributed by atoms with Crippen LogP contribution in [-0.4, -0.2) is 25.2 Å². The van der Waals surface area contributed by atoms with E-state index in [4.69, 9.17) is 9.47 Å². The molecule has 4 nitrogen and oxygen atoms in total. The van der Waals surface area contributed by atoms with Gasteiger partial charge in [0, 0.05) is 12.8 Å². The normalized spacial score (nSPS) is 11.6. The van der Waals surface area contributed by atoms with E-state index < -0.39 is 0 Å². The Morgan fingerprint density at radius 2 is 0.622 bits per heavy atom. The van der Waals surface area contributed by atoms with Gasteiger partial charge in [-0.05, 0) is 83.5 Å². The molecule has 45 heavy (non-hydrogen) atoms. The predicted octanol–water partition coefficient (Wildman–Crippen LogP) is 13.3. The number of rotatable bonds is 36. The van der Waals surface area contributed by atoms with E-state index in [1.54, 1.807) is 0 Å². The number of hydrogen-bond acceptors (Lipinski definition) is 4. The van der Waals surface area contributed by atoms with Crippen molar-refractivity contribution in [1.29, 1.82) is 0 Å². The zero-order valence-corrected chi connectivity index (χ0v) is 30.3. The Bertz CT molecular complexity index is 612. The van der Waals surface area contributed by atoms with E-state index >= 15 is 0 Å². The van der Waals surface area contributed by atoms with E-state index in [2.05, 4.69) is 38.2 Å². The summed E-state index contributed by atoms with van der Waals surface area (Å²) >= 11 is 0. The molecule has 264 valence electrons. The quantitative estimate of drug-likeness (QED) is 0.0392. The maximum Gasteiger partial charge on any atom is 0.305 e. The molecule has 0 aromatic rings. The van der Waals surface area contributed by atoms with E-state index in [0.29, 0.717) is 26.1 Å². The van der Waals surface area contributed by atoms with E-state index in [1.165, 1.54) is 141 Å². The molecular formula is C41H76O4. The van der Waals surface area contributed by atoms with Crippen LogP contribution >= 0.6 is 0 Å². The van der Waals surface area contributed by atoms with Crippen LogP contribution < -0.4 is 0 Å². The average molecular weight is 633 g/mol. The molecule has 0 heterocycles. The van der Waals surface area contributed by atoms with E-state index in [-0.39, 0.29) is 11.9 Å². The molecule has 0 N–H and O–H groups in total. The number of hydrogen-bond donors (Lipinski definition) is 0. The molecule has 0 spiro atoms. The van der Waals surface area contributed by atoms with Gasteiger partial charge in [-0.15, -0.1) is 0 Å². The standard InChI is InChI=1S/C41H76O4/c1-3-5-7-9-11-13-15-17-19-21-23-25-27-29-32-36-40(42)44-38-34-31-35-39-45-41(43)37-33-30-28-26-24-22-20-18-16-14-12-10-8-6-4-2/h17-20H,3-16,21-39H2,1-2H3/b19-17-,20-18-. The molecule has 0 radical (unpaired) electrons. The van der Waals surface area contributed by atoms with Crippen molar-refractivity contribution in [2.45, 2.75) is 213 Å². The molecule has 0 saturated carbocycles. The summed E-state index contributed by atoms with van der Waals surface area (Å²) in [6, 6.07) is 0. The highest BCUT2D eigenvalue weighted by Crippen LogP contribution is 2.12. The Morgan fingerprint density at radius 1 is 0.356 bits per heavy atom. The molecule has 0 amide bonds. The number of allylic oxidation sites excluding steroid dienone is 4. The zero-order valence-electron chi connectivity index (χ0n) is 30.3. The second-order valence-corrected chi connectivity index (χ2v) is 13.2. The van der Waals surface area contributed by atoms with Crippen molar-refractivity contribution in [3.05, 3.63) is 24.3 Å². The van der Waals surface area contributed by atoms with Crippen molar-refractivity contribution in [3.63, 3.8) is 0 Å². The third-order valence-electron chi connectivity index (χ3n) is 8.60. The first-order valence-corrected chi connectivity index (χ1v) is 19.8. The summed E-state index contributed by atoms with van der Waals surface area (Å²) in [6.45, 7) is 5.49. The summed E-state index contributed by atoms with van der Waals surface area (Å²) < 4.78 is 10.7. The smallest absolute Gasteiger partial charge is 0.305 e. The van der Waals surface area contributed by atoms with Crippen molar-refractivity contribution in [2.24, 2.45) is 0 Å². The first kappa shape index (κ1) is 43.4. The van der Waals surface area contributed by atoms with Crippen LogP contribution in [0.5, 0.6) is 0 Å². The summed E-state index contributed by atoms with van der Waals surface area (Å²) in [5.41, 5.74) is 0. The first-order chi connectivity index (χ1) is 22.2. The van der Waals surface area contributed by atoms with Crippen LogP contribution in [0.1, 0.15) is 213 Å². The Hall–Kier alpha value is -1.58. The lowest BCUT2D eigenvalue weighted by molar-refractivity contribution is -0.144. The van der Waals surface area contributed by atoms with Gasteiger partial charge in [0.05, 0.1) is 13.2 Å². The number of carbonyl (C=O) groups excluding carboxylic acids is 2. The Kier molecular flexibility index (Phi) is 37.2. The maximum atomic E-state index is 11.9. The van der Waals surface area contributed by atoms with Gasteiger partial charge in [-0.3, -0.25) is 9.59 Å². The molecule has 0 bridgehead atoms. The van der Waals surface area contributed by atoms with Gasteiger partial charge in [-0.1, -0.05) is 141 Å². The van der Waals surface area contributed by atoms with Gasteiger partial charge in [0.1, 0.15) is 0 Å². The lowest BCUT2D eigenvalue weighted by Crippen LogP contribution is -2.07. The fraction of sp³-hybridized carbons (Fsp3) is 0.854. The lowest BCUT2D eigenvalue weighted by atomic mass is 10.1. The van der Waals surface area contributed by atoms with Gasteiger partial charge < -0.3 is 9.47 Å². The summed E-state index contributed by atoms with van der Waals surface area (Å²) in [5, 5.41) is 0. The van der Waals surface area contributed by atoms with Crippen LogP contribution in [0.3, 0.4) is 0 Å². The zero-order chi connectivity index (χ0) is 32.7. The molecule has 0 fully saturated rings. The van der Waals surface area contributed by atoms with Crippen LogP contribution in [0.4, 0.5) is 0 Å². The summed E-state index contributed by atoms with van der Waals surface area (Å²) in [4.78, 5) is 23.9. The Balaban J connectivity index is 3.31. The van der Waals surface area contributed by atoms with Crippen LogP contribution in [0.25, 0.3) is 0 Å². The molecule has 0 atom stereocenters. The van der Waals surface area contributed by atoms with Crippen LogP contribution in [0, 0.1) is 0 Å². The molecule has 0 aromatic heterocycles. The van der Waals surface area contributed by atoms with Gasteiger partial charge in [-0.25, -0.2) is 0 Å². The number of carbonyl (C=O) groups is 2. The Morgan fingerprint density at radius 3 is 0.956 bits per heavy atom. The van der Waals surface area contributed by atoms with Gasteiger partial charge in [0.25, 0.3) is 0 Å². The topological polar surface area (TPSA) is 52.6 Å². The van der Waals surface area contributed by atoms with E-state index in [1.807, 2.05) is 0 Å². The van der Waals surface area contributed by atoms with E-state index in [0.717, 1.165) is 44.9 Å². The van der Waals surface area contributed by atoms with Crippen LogP contribution in [-0.2, 0) is 19.1 Å². The number of esters is 2. The second-order valence-electron chi connectivity index (χ2n) is 13.2. The minimum absolute atomic E-state index is 0.0704. The predicted molar refractivity (Wildman–Crippen MR) is 195 cm³/mol. The largest absolute Gasteiger partial charge is 0.466 e. The van der Waals surface area contributed by atoms with Gasteiger partial charge in [0.15, 0.2) is 0 Å². The van der Waals surface area contributed by atoms with Crippen molar-refractivity contribution in [2.75, 3.05) is 13.2 Å². The summed E-state index contributed by atoms with van der Waals surface area (Å²) in [5.74, 6) is -0.141. The van der Waals surface area contributed by atoms with Gasteiger partial charge in [-0.2, -0.15) is 0 Å². The monoisotopic (exact) mass is 633 g/mol. The van der Waals surface area contributed by atoms with Gasteiger partial charge in [0.2, 0.25) is 0 Å². The lowest BCUT2D eigenvalue weighted by Gasteiger charge is -2.06. The third kappa shape index (κ3) is 38.5.